The van der Waals surface area contributed by atoms with Gasteiger partial charge in [-0.05, 0) is 51.2 Å². The van der Waals surface area contributed by atoms with Crippen LogP contribution in [0.15, 0.2) is 0 Å². The molecule has 3 heteroatoms. The van der Waals surface area contributed by atoms with Crippen LogP contribution in [0, 0.1) is 23.2 Å². The van der Waals surface area contributed by atoms with Gasteiger partial charge >= 0.3 is 0 Å². The first-order chi connectivity index (χ1) is 6.45. The number of fused-ring (bicyclic) bond motifs is 2. The molecule has 3 unspecified atom stereocenters. The van der Waals surface area contributed by atoms with Crippen molar-refractivity contribution in [2.75, 3.05) is 0 Å². The summed E-state index contributed by atoms with van der Waals surface area (Å²) in [6, 6.07) is 2.48. The second kappa shape index (κ2) is 3.08. The maximum Gasteiger partial charge on any atom is 0.185 e. The fourth-order valence-electron chi connectivity index (χ4n) is 3.11. The van der Waals surface area contributed by atoms with E-state index in [1.165, 1.54) is 19.3 Å². The highest BCUT2D eigenvalue weighted by Gasteiger charge is 2.53. The monoisotopic (exact) mass is 209 g/mol. The summed E-state index contributed by atoms with van der Waals surface area (Å²) >= 11 is 0. The van der Waals surface area contributed by atoms with Crippen LogP contribution in [-0.4, -0.2) is 13.9 Å². The van der Waals surface area contributed by atoms with E-state index < -0.39 is 13.9 Å². The Morgan fingerprint density at radius 1 is 1.36 bits per heavy atom. The molecule has 0 amide bonds. The molecule has 2 bridgehead atoms. The quantitative estimate of drug-likeness (QED) is 0.655. The van der Waals surface area contributed by atoms with Gasteiger partial charge in [0, 0.05) is 5.92 Å². The van der Waals surface area contributed by atoms with E-state index in [4.69, 9.17) is 4.43 Å². The van der Waals surface area contributed by atoms with Crippen LogP contribution in [0.2, 0.25) is 19.6 Å². The van der Waals surface area contributed by atoms with Crippen LogP contribution in [0.25, 0.3) is 0 Å². The number of nitriles is 1. The molecule has 3 atom stereocenters. The third kappa shape index (κ3) is 1.62. The van der Waals surface area contributed by atoms with Crippen molar-refractivity contribution >= 4 is 8.32 Å². The molecule has 0 aromatic carbocycles. The van der Waals surface area contributed by atoms with Gasteiger partial charge in [-0.3, -0.25) is 0 Å². The SMILES string of the molecule is C[Si](C)(C)OC1(C#N)CC2CCC1C2. The highest BCUT2D eigenvalue weighted by molar-refractivity contribution is 6.69. The first kappa shape index (κ1) is 10.2. The Labute approximate surface area is 87.4 Å². The van der Waals surface area contributed by atoms with Crippen molar-refractivity contribution in [1.29, 1.82) is 5.26 Å². The molecule has 0 radical (unpaired) electrons. The normalized spacial score (nSPS) is 41.3. The van der Waals surface area contributed by atoms with Gasteiger partial charge in [0.25, 0.3) is 0 Å². The lowest BCUT2D eigenvalue weighted by atomic mass is 9.86. The van der Waals surface area contributed by atoms with E-state index in [2.05, 4.69) is 25.7 Å². The average Bonchev–Trinajstić information content (AvgIpc) is 2.60. The Morgan fingerprint density at radius 2 is 2.07 bits per heavy atom. The Hall–Kier alpha value is -0.333. The lowest BCUT2D eigenvalue weighted by Crippen LogP contribution is -2.45. The van der Waals surface area contributed by atoms with Gasteiger partial charge < -0.3 is 4.43 Å². The van der Waals surface area contributed by atoms with Crippen molar-refractivity contribution in [2.24, 2.45) is 11.8 Å². The number of hydrogen-bond donors (Lipinski definition) is 0. The molecule has 2 aliphatic carbocycles. The number of hydrogen-bond acceptors (Lipinski definition) is 2. The Balaban J connectivity index is 2.17. The average molecular weight is 209 g/mol. The predicted octanol–water partition coefficient (Wildman–Crippen LogP) is 2.92. The van der Waals surface area contributed by atoms with Crippen molar-refractivity contribution in [3.8, 4) is 6.07 Å². The fraction of sp³-hybridized carbons (Fsp3) is 0.909. The van der Waals surface area contributed by atoms with E-state index in [1.54, 1.807) is 0 Å². The zero-order valence-electron chi connectivity index (χ0n) is 9.34. The standard InChI is InChI=1S/C11H19NOSi/c1-14(2,3)13-11(8-12)7-9-4-5-10(11)6-9/h9-10H,4-7H2,1-3H3. The lowest BCUT2D eigenvalue weighted by Gasteiger charge is -2.36. The minimum Gasteiger partial charge on any atom is -0.400 e. The molecular weight excluding hydrogens is 190 g/mol. The van der Waals surface area contributed by atoms with Crippen molar-refractivity contribution in [2.45, 2.75) is 50.9 Å². The van der Waals surface area contributed by atoms with Crippen LogP contribution in [0.5, 0.6) is 0 Å². The summed E-state index contributed by atoms with van der Waals surface area (Å²) in [7, 11) is -1.58. The molecule has 2 saturated carbocycles. The molecule has 0 N–H and O–H groups in total. The van der Waals surface area contributed by atoms with Crippen molar-refractivity contribution in [1.82, 2.24) is 0 Å². The second-order valence-electron chi connectivity index (χ2n) is 5.80. The third-order valence-corrected chi connectivity index (χ3v) is 4.45. The van der Waals surface area contributed by atoms with E-state index in [-0.39, 0.29) is 0 Å². The highest BCUT2D eigenvalue weighted by Crippen LogP contribution is 2.53. The largest absolute Gasteiger partial charge is 0.400 e. The summed E-state index contributed by atoms with van der Waals surface area (Å²) in [6.45, 7) is 6.54. The molecule has 2 nitrogen and oxygen atoms in total. The molecule has 14 heavy (non-hydrogen) atoms. The first-order valence-electron chi connectivity index (χ1n) is 5.57. The van der Waals surface area contributed by atoms with E-state index in [0.717, 1.165) is 12.3 Å². The van der Waals surface area contributed by atoms with Crippen molar-refractivity contribution in [3.05, 3.63) is 0 Å². The molecule has 0 aromatic rings. The Morgan fingerprint density at radius 3 is 2.43 bits per heavy atom. The third-order valence-electron chi connectivity index (χ3n) is 3.47. The Kier molecular flexibility index (Phi) is 2.24. The van der Waals surface area contributed by atoms with Crippen LogP contribution in [0.3, 0.4) is 0 Å². The maximum atomic E-state index is 9.35. The fourth-order valence-corrected chi connectivity index (χ4v) is 4.50. The molecular formula is C11H19NOSi. The van der Waals surface area contributed by atoms with Gasteiger partial charge in [0.15, 0.2) is 8.32 Å². The summed E-state index contributed by atoms with van der Waals surface area (Å²) in [6.07, 6.45) is 4.77. The summed E-state index contributed by atoms with van der Waals surface area (Å²) in [4.78, 5) is 0. The second-order valence-corrected chi connectivity index (χ2v) is 10.2. The van der Waals surface area contributed by atoms with Gasteiger partial charge in [0.1, 0.15) is 5.60 Å². The van der Waals surface area contributed by atoms with Crippen LogP contribution < -0.4 is 0 Å². The summed E-state index contributed by atoms with van der Waals surface area (Å²) < 4.78 is 6.15. The number of rotatable bonds is 2. The predicted molar refractivity (Wildman–Crippen MR) is 58.2 cm³/mol. The van der Waals surface area contributed by atoms with Crippen molar-refractivity contribution in [3.63, 3.8) is 0 Å². The molecule has 2 fully saturated rings. The van der Waals surface area contributed by atoms with Gasteiger partial charge in [0.2, 0.25) is 0 Å². The molecule has 2 rings (SSSR count). The summed E-state index contributed by atoms with van der Waals surface area (Å²) in [5.74, 6) is 1.31. The minimum atomic E-state index is -1.58. The van der Waals surface area contributed by atoms with Crippen LogP contribution in [0.1, 0.15) is 25.7 Å². The zero-order valence-corrected chi connectivity index (χ0v) is 10.3. The molecule has 0 aliphatic heterocycles. The molecule has 0 spiro atoms. The van der Waals surface area contributed by atoms with E-state index in [1.807, 2.05) is 0 Å². The van der Waals surface area contributed by atoms with Crippen LogP contribution >= 0.6 is 0 Å². The van der Waals surface area contributed by atoms with Crippen LogP contribution in [0.4, 0.5) is 0 Å². The van der Waals surface area contributed by atoms with Gasteiger partial charge in [-0.1, -0.05) is 0 Å². The summed E-state index contributed by atoms with van der Waals surface area (Å²) in [5.41, 5.74) is -0.395. The molecule has 78 valence electrons. The molecule has 2 aliphatic rings. The first-order valence-corrected chi connectivity index (χ1v) is 8.97. The maximum absolute atomic E-state index is 9.35. The van der Waals surface area contributed by atoms with Gasteiger partial charge in [-0.2, -0.15) is 5.26 Å². The molecule has 0 heterocycles. The molecule has 0 saturated heterocycles. The smallest absolute Gasteiger partial charge is 0.185 e. The van der Waals surface area contributed by atoms with Crippen molar-refractivity contribution < 1.29 is 4.43 Å². The minimum absolute atomic E-state index is 0.395. The molecule has 0 aromatic heterocycles. The Bertz CT molecular complexity index is 278. The van der Waals surface area contributed by atoms with E-state index in [0.29, 0.717) is 5.92 Å². The van der Waals surface area contributed by atoms with E-state index >= 15 is 0 Å². The van der Waals surface area contributed by atoms with Gasteiger partial charge in [-0.15, -0.1) is 0 Å². The van der Waals surface area contributed by atoms with Crippen LogP contribution in [-0.2, 0) is 4.43 Å². The lowest BCUT2D eigenvalue weighted by molar-refractivity contribution is 0.0601. The summed E-state index contributed by atoms with van der Waals surface area (Å²) in [5, 5.41) is 9.35. The van der Waals surface area contributed by atoms with E-state index in [9.17, 15) is 5.26 Å². The topological polar surface area (TPSA) is 33.0 Å². The number of nitrogens with zero attached hydrogens (tertiary/aromatic N) is 1. The zero-order chi connectivity index (χ0) is 10.4. The highest BCUT2D eigenvalue weighted by atomic mass is 28.4. The van der Waals surface area contributed by atoms with Gasteiger partial charge in [-0.25, -0.2) is 0 Å². The van der Waals surface area contributed by atoms with Gasteiger partial charge in [0.05, 0.1) is 6.07 Å².